The summed E-state index contributed by atoms with van der Waals surface area (Å²) in [4.78, 5) is 27.6. The minimum Gasteiger partial charge on any atom is -0.451 e. The molecule has 4 rings (SSSR count). The zero-order chi connectivity index (χ0) is 22.7. The molecule has 0 radical (unpaired) electrons. The van der Waals surface area contributed by atoms with Crippen LogP contribution in [0.25, 0.3) is 11.0 Å². The zero-order valence-corrected chi connectivity index (χ0v) is 19.9. The number of halogens is 1. The number of rotatable bonds is 6. The molecule has 1 fully saturated rings. The van der Waals surface area contributed by atoms with Crippen LogP contribution in [-0.2, 0) is 4.74 Å². The van der Waals surface area contributed by atoms with Crippen molar-refractivity contribution in [2.24, 2.45) is 0 Å². The van der Waals surface area contributed by atoms with Gasteiger partial charge in [0, 0.05) is 30.2 Å². The van der Waals surface area contributed by atoms with E-state index >= 15 is 0 Å². The smallest absolute Gasteiger partial charge is 0.287 e. The average Bonchev–Trinajstić information content (AvgIpc) is 2.79. The molecule has 1 saturated heterocycles. The first-order valence-electron chi connectivity index (χ1n) is 10.9. The van der Waals surface area contributed by atoms with Crippen molar-refractivity contribution in [3.63, 3.8) is 0 Å². The number of amides is 1. The minimum atomic E-state index is -0.402. The molecule has 1 aliphatic rings. The number of hydrogen-bond acceptors (Lipinski definition) is 5. The second-order valence-corrected chi connectivity index (χ2v) is 9.23. The van der Waals surface area contributed by atoms with Gasteiger partial charge < -0.3 is 14.5 Å². The molecule has 1 aliphatic heterocycles. The largest absolute Gasteiger partial charge is 0.451 e. The lowest BCUT2D eigenvalue weighted by atomic mass is 9.98. The van der Waals surface area contributed by atoms with Crippen molar-refractivity contribution in [1.82, 2.24) is 10.2 Å². The monoisotopic (exact) mass is 498 g/mol. The van der Waals surface area contributed by atoms with E-state index in [2.05, 4.69) is 64.3 Å². The lowest BCUT2D eigenvalue weighted by Gasteiger charge is -2.35. The lowest BCUT2D eigenvalue weighted by molar-refractivity contribution is 0.0161. The van der Waals surface area contributed by atoms with Gasteiger partial charge in [0.05, 0.1) is 24.6 Å². The topological polar surface area (TPSA) is 71.8 Å². The molecule has 0 aliphatic carbocycles. The highest BCUT2D eigenvalue weighted by Crippen LogP contribution is 2.24. The van der Waals surface area contributed by atoms with Crippen LogP contribution in [0.1, 0.15) is 47.5 Å². The first kappa shape index (κ1) is 22.7. The van der Waals surface area contributed by atoms with E-state index in [1.54, 1.807) is 18.2 Å². The van der Waals surface area contributed by atoms with Crippen LogP contribution in [0, 0.1) is 0 Å². The Morgan fingerprint density at radius 3 is 2.44 bits per heavy atom. The number of hydrogen-bond donors (Lipinski definition) is 1. The maximum absolute atomic E-state index is 12.9. The van der Waals surface area contributed by atoms with Gasteiger partial charge in [0.25, 0.3) is 5.91 Å². The molecule has 0 saturated carbocycles. The lowest BCUT2D eigenvalue weighted by Crippen LogP contribution is -2.43. The van der Waals surface area contributed by atoms with Crippen LogP contribution in [0.4, 0.5) is 0 Å². The molecule has 2 aromatic carbocycles. The number of nitrogens with zero attached hydrogens (tertiary/aromatic N) is 1. The van der Waals surface area contributed by atoms with Crippen molar-refractivity contribution in [3.8, 4) is 0 Å². The maximum Gasteiger partial charge on any atom is 0.287 e. The third-order valence-electron chi connectivity index (χ3n) is 5.85. The van der Waals surface area contributed by atoms with Crippen LogP contribution in [-0.4, -0.2) is 43.7 Å². The number of morpholine rings is 1. The van der Waals surface area contributed by atoms with Crippen molar-refractivity contribution in [2.75, 3.05) is 32.8 Å². The Morgan fingerprint density at radius 2 is 1.75 bits per heavy atom. The van der Waals surface area contributed by atoms with Crippen molar-refractivity contribution in [2.45, 2.75) is 25.8 Å². The van der Waals surface area contributed by atoms with Crippen LogP contribution in [0.2, 0.25) is 0 Å². The van der Waals surface area contributed by atoms with Gasteiger partial charge in [-0.05, 0) is 35.2 Å². The Labute approximate surface area is 195 Å². The highest BCUT2D eigenvalue weighted by Gasteiger charge is 2.24. The van der Waals surface area contributed by atoms with Gasteiger partial charge >= 0.3 is 0 Å². The molecule has 1 N–H and O–H groups in total. The molecule has 1 amide bonds. The highest BCUT2D eigenvalue weighted by molar-refractivity contribution is 9.10. The summed E-state index contributed by atoms with van der Waals surface area (Å²) in [5.74, 6) is 0.0685. The van der Waals surface area contributed by atoms with Crippen molar-refractivity contribution < 1.29 is 13.9 Å². The molecule has 32 heavy (non-hydrogen) atoms. The molecular weight excluding hydrogens is 472 g/mol. The standard InChI is InChI=1S/C25H27BrN2O4/c1-16(2)17-3-5-18(6-4-17)21(28-9-11-31-12-10-28)15-27-25(30)24-14-22(29)20-8-7-19(26)13-23(20)32-24/h3-8,13-14,16,21H,9-12,15H2,1-2H3,(H,27,30). The molecule has 2 heterocycles. The quantitative estimate of drug-likeness (QED) is 0.542. The number of fused-ring (bicyclic) bond motifs is 1. The molecule has 0 spiro atoms. The summed E-state index contributed by atoms with van der Waals surface area (Å²) in [5.41, 5.74) is 2.56. The molecular formula is C25H27BrN2O4. The number of ether oxygens (including phenoxy) is 1. The number of benzene rings is 2. The summed E-state index contributed by atoms with van der Waals surface area (Å²) in [7, 11) is 0. The van der Waals surface area contributed by atoms with Gasteiger partial charge in [0.2, 0.25) is 0 Å². The van der Waals surface area contributed by atoms with Crippen molar-refractivity contribution in [1.29, 1.82) is 0 Å². The predicted octanol–water partition coefficient (Wildman–Crippen LogP) is 4.48. The molecule has 1 aromatic heterocycles. The molecule has 1 atom stereocenters. The first-order chi connectivity index (χ1) is 15.4. The fourth-order valence-electron chi connectivity index (χ4n) is 3.97. The molecule has 0 bridgehead atoms. The number of nitrogens with one attached hydrogen (secondary N) is 1. The van der Waals surface area contributed by atoms with Gasteiger partial charge in [-0.25, -0.2) is 0 Å². The van der Waals surface area contributed by atoms with E-state index in [1.807, 2.05) is 0 Å². The summed E-state index contributed by atoms with van der Waals surface area (Å²) in [6.45, 7) is 7.68. The summed E-state index contributed by atoms with van der Waals surface area (Å²) >= 11 is 3.37. The molecule has 1 unspecified atom stereocenters. The van der Waals surface area contributed by atoms with Crippen molar-refractivity contribution >= 4 is 32.8 Å². The van der Waals surface area contributed by atoms with E-state index in [0.717, 1.165) is 23.1 Å². The van der Waals surface area contributed by atoms with Gasteiger partial charge in [-0.1, -0.05) is 54.0 Å². The Morgan fingerprint density at radius 1 is 1.06 bits per heavy atom. The van der Waals surface area contributed by atoms with E-state index in [0.29, 0.717) is 36.6 Å². The SMILES string of the molecule is CC(C)c1ccc(C(CNC(=O)c2cc(=O)c3ccc(Br)cc3o2)N2CCOCC2)cc1. The maximum atomic E-state index is 12.9. The third kappa shape index (κ3) is 5.11. The number of carbonyl (C=O) groups is 1. The van der Waals surface area contributed by atoms with E-state index in [1.165, 1.54) is 11.6 Å². The Balaban J connectivity index is 1.55. The molecule has 3 aromatic rings. The first-order valence-corrected chi connectivity index (χ1v) is 11.6. The second kappa shape index (κ2) is 9.98. The average molecular weight is 499 g/mol. The van der Waals surface area contributed by atoms with Gasteiger partial charge in [-0.3, -0.25) is 14.5 Å². The van der Waals surface area contributed by atoms with Crippen LogP contribution in [0.5, 0.6) is 0 Å². The van der Waals surface area contributed by atoms with Crippen LogP contribution in [0.3, 0.4) is 0 Å². The Kier molecular flexibility index (Phi) is 7.08. The number of carbonyl (C=O) groups excluding carboxylic acids is 1. The van der Waals surface area contributed by atoms with Gasteiger partial charge in [0.1, 0.15) is 5.58 Å². The summed E-state index contributed by atoms with van der Waals surface area (Å²) < 4.78 is 12.0. The van der Waals surface area contributed by atoms with Gasteiger partial charge in [-0.2, -0.15) is 0 Å². The molecule has 168 valence electrons. The van der Waals surface area contributed by atoms with Gasteiger partial charge in [-0.15, -0.1) is 0 Å². The van der Waals surface area contributed by atoms with Gasteiger partial charge in [0.15, 0.2) is 11.2 Å². The zero-order valence-electron chi connectivity index (χ0n) is 18.3. The fraction of sp³-hybridized carbons (Fsp3) is 0.360. The van der Waals surface area contributed by atoms with Crippen LogP contribution in [0.15, 0.2) is 62.2 Å². The second-order valence-electron chi connectivity index (χ2n) is 8.31. The Bertz CT molecular complexity index is 1150. The highest BCUT2D eigenvalue weighted by atomic mass is 79.9. The van der Waals surface area contributed by atoms with Crippen LogP contribution >= 0.6 is 15.9 Å². The van der Waals surface area contributed by atoms with Crippen LogP contribution < -0.4 is 10.7 Å². The molecule has 7 heteroatoms. The third-order valence-corrected chi connectivity index (χ3v) is 6.34. The predicted molar refractivity (Wildman–Crippen MR) is 128 cm³/mol. The summed E-state index contributed by atoms with van der Waals surface area (Å²) in [5, 5.41) is 3.42. The van der Waals surface area contributed by atoms with Crippen molar-refractivity contribution in [3.05, 3.63) is 80.1 Å². The molecule has 6 nitrogen and oxygen atoms in total. The van der Waals surface area contributed by atoms with E-state index in [-0.39, 0.29) is 17.2 Å². The fourth-order valence-corrected chi connectivity index (χ4v) is 4.31. The minimum absolute atomic E-state index is 0.00499. The normalized spacial score (nSPS) is 15.8. The van der Waals surface area contributed by atoms with E-state index < -0.39 is 5.91 Å². The Hall–Kier alpha value is -2.48. The summed E-state index contributed by atoms with van der Waals surface area (Å²) in [6, 6.07) is 15.0. The summed E-state index contributed by atoms with van der Waals surface area (Å²) in [6.07, 6.45) is 0. The van der Waals surface area contributed by atoms with E-state index in [4.69, 9.17) is 9.15 Å². The van der Waals surface area contributed by atoms with E-state index in [9.17, 15) is 9.59 Å².